The van der Waals surface area contributed by atoms with E-state index < -0.39 is 36.4 Å². The van der Waals surface area contributed by atoms with Gasteiger partial charge in [0.25, 0.3) is 5.56 Å². The number of rotatable bonds is 6. The summed E-state index contributed by atoms with van der Waals surface area (Å²) in [5.74, 6) is 0. The number of alkyl halides is 1. The predicted octanol–water partition coefficient (Wildman–Crippen LogP) is -0.130. The van der Waals surface area contributed by atoms with Crippen LogP contribution >= 0.6 is 0 Å². The highest BCUT2D eigenvalue weighted by Crippen LogP contribution is 2.29. The van der Waals surface area contributed by atoms with Gasteiger partial charge in [-0.3, -0.25) is 18.7 Å². The summed E-state index contributed by atoms with van der Waals surface area (Å²) in [6.07, 6.45) is 0.435. The highest BCUT2D eigenvalue weighted by Gasteiger charge is 2.37. The summed E-state index contributed by atoms with van der Waals surface area (Å²) in [6, 6.07) is 0. The van der Waals surface area contributed by atoms with Gasteiger partial charge in [0.05, 0.1) is 19.4 Å². The van der Waals surface area contributed by atoms with E-state index >= 15 is 0 Å². The normalized spacial score (nSPS) is 25.4. The fraction of sp³-hybridized carbons (Fsp3) is 0.692. The average Bonchev–Trinajstić information content (AvgIpc) is 2.86. The van der Waals surface area contributed by atoms with Crippen LogP contribution in [0.3, 0.4) is 0 Å². The van der Waals surface area contributed by atoms with Gasteiger partial charge in [-0.25, -0.2) is 4.79 Å². The van der Waals surface area contributed by atoms with Crippen LogP contribution in [0.1, 0.15) is 24.6 Å². The summed E-state index contributed by atoms with van der Waals surface area (Å²) in [7, 11) is 0. The molecule has 21 heavy (non-hydrogen) atoms. The lowest BCUT2D eigenvalue weighted by atomic mass is 10.2. The minimum absolute atomic E-state index is 0.229. The number of nitrogens with one attached hydrogen (secondary N) is 1. The third-order valence-electron chi connectivity index (χ3n) is 3.43. The molecule has 1 aliphatic rings. The van der Waals surface area contributed by atoms with Gasteiger partial charge >= 0.3 is 5.69 Å². The molecule has 0 spiro atoms. The fourth-order valence-electron chi connectivity index (χ4n) is 2.30. The van der Waals surface area contributed by atoms with Crippen LogP contribution in [0.2, 0.25) is 0 Å². The second-order valence-corrected chi connectivity index (χ2v) is 4.98. The van der Waals surface area contributed by atoms with Crippen LogP contribution in [0.4, 0.5) is 4.39 Å². The monoisotopic (exact) mass is 302 g/mol. The fourth-order valence-corrected chi connectivity index (χ4v) is 2.30. The Morgan fingerprint density at radius 1 is 1.57 bits per heavy atom. The van der Waals surface area contributed by atoms with Crippen molar-refractivity contribution in [3.63, 3.8) is 0 Å². The number of nitrogens with zero attached hydrogens (tertiary/aromatic N) is 1. The first-order valence-electron chi connectivity index (χ1n) is 6.82. The number of hydrogen-bond acceptors (Lipinski definition) is 5. The Labute approximate surface area is 120 Å². The molecule has 8 heteroatoms. The highest BCUT2D eigenvalue weighted by molar-refractivity contribution is 5.02. The molecule has 2 N–H and O–H groups in total. The summed E-state index contributed by atoms with van der Waals surface area (Å²) in [4.78, 5) is 25.4. The first kappa shape index (κ1) is 15.9. The molecule has 0 radical (unpaired) electrons. The maximum Gasteiger partial charge on any atom is 0.330 e. The number of aliphatic hydroxyl groups is 1. The maximum atomic E-state index is 12.1. The van der Waals surface area contributed by atoms with Crippen molar-refractivity contribution >= 4 is 0 Å². The van der Waals surface area contributed by atoms with Crippen molar-refractivity contribution in [1.82, 2.24) is 9.55 Å². The van der Waals surface area contributed by atoms with Gasteiger partial charge in [0.1, 0.15) is 12.3 Å². The average molecular weight is 302 g/mol. The third kappa shape index (κ3) is 3.58. The summed E-state index contributed by atoms with van der Waals surface area (Å²) in [5, 5.41) is 9.30. The van der Waals surface area contributed by atoms with Crippen LogP contribution in [-0.4, -0.2) is 46.8 Å². The van der Waals surface area contributed by atoms with Crippen LogP contribution < -0.4 is 11.2 Å². The number of aromatic amines is 1. The van der Waals surface area contributed by atoms with Crippen LogP contribution in [0.15, 0.2) is 15.8 Å². The Bertz CT molecular complexity index is 585. The van der Waals surface area contributed by atoms with Crippen LogP contribution in [0.5, 0.6) is 0 Å². The number of aryl methyl sites for hydroxylation is 1. The molecule has 118 valence electrons. The second kappa shape index (κ2) is 6.97. The predicted molar refractivity (Wildman–Crippen MR) is 72.0 cm³/mol. The smallest absolute Gasteiger partial charge is 0.330 e. The van der Waals surface area contributed by atoms with Crippen LogP contribution in [0.25, 0.3) is 0 Å². The van der Waals surface area contributed by atoms with E-state index in [1.807, 2.05) is 0 Å². The van der Waals surface area contributed by atoms with Crippen molar-refractivity contribution in [1.29, 1.82) is 0 Å². The number of ether oxygens (including phenoxy) is 2. The van der Waals surface area contributed by atoms with Gasteiger partial charge in [-0.1, -0.05) is 0 Å². The molecule has 2 heterocycles. The van der Waals surface area contributed by atoms with E-state index in [0.29, 0.717) is 12.0 Å². The molecule has 1 fully saturated rings. The van der Waals surface area contributed by atoms with E-state index in [0.717, 1.165) is 0 Å². The lowest BCUT2D eigenvalue weighted by Crippen LogP contribution is -2.33. The Morgan fingerprint density at radius 3 is 3.00 bits per heavy atom. The SMILES string of the molecule is Cc1cn([C@@H]2C[C@H](OCCCF)[C@H](CO)O2)c(=O)[nH]c1=O. The maximum absolute atomic E-state index is 12.1. The Balaban J connectivity index is 2.13. The second-order valence-electron chi connectivity index (χ2n) is 4.98. The first-order chi connectivity index (χ1) is 10.1. The molecule has 0 unspecified atom stereocenters. The number of hydrogen-bond donors (Lipinski definition) is 2. The number of H-pyrrole nitrogens is 1. The highest BCUT2D eigenvalue weighted by atomic mass is 19.1. The van der Waals surface area contributed by atoms with Gasteiger partial charge in [0.15, 0.2) is 0 Å². The van der Waals surface area contributed by atoms with E-state index in [2.05, 4.69) is 4.98 Å². The van der Waals surface area contributed by atoms with E-state index in [1.165, 1.54) is 10.8 Å². The molecule has 1 aliphatic heterocycles. The minimum Gasteiger partial charge on any atom is -0.394 e. The molecule has 0 aromatic carbocycles. The summed E-state index contributed by atoms with van der Waals surface area (Å²) in [6.45, 7) is 1.09. The zero-order chi connectivity index (χ0) is 15.4. The van der Waals surface area contributed by atoms with E-state index in [-0.39, 0.29) is 19.6 Å². The number of aromatic nitrogens is 2. The zero-order valence-electron chi connectivity index (χ0n) is 11.8. The zero-order valence-corrected chi connectivity index (χ0v) is 11.8. The molecule has 7 nitrogen and oxygen atoms in total. The lowest BCUT2D eigenvalue weighted by molar-refractivity contribution is -0.0628. The minimum atomic E-state index is -0.624. The standard InChI is InChI=1S/C13H19FN2O5/c1-8-6-16(13(19)15-12(8)18)11-5-9(10(7-17)21-11)20-4-2-3-14/h6,9-11,17H,2-5,7H2,1H3,(H,15,18,19)/t9-,10-,11-/m0/s1. The topological polar surface area (TPSA) is 93.6 Å². The number of halogens is 1. The first-order valence-corrected chi connectivity index (χ1v) is 6.82. The van der Waals surface area contributed by atoms with Crippen molar-refractivity contribution in [3.8, 4) is 0 Å². The van der Waals surface area contributed by atoms with E-state index in [9.17, 15) is 19.1 Å². The van der Waals surface area contributed by atoms with Crippen molar-refractivity contribution in [2.24, 2.45) is 0 Å². The molecule has 0 saturated carbocycles. The molecule has 0 bridgehead atoms. The molecule has 0 aliphatic carbocycles. The Kier molecular flexibility index (Phi) is 5.27. The summed E-state index contributed by atoms with van der Waals surface area (Å²) in [5.41, 5.74) is -0.624. The Hall–Kier alpha value is -1.51. The largest absolute Gasteiger partial charge is 0.394 e. The van der Waals surface area contributed by atoms with Gasteiger partial charge in [-0.05, 0) is 13.3 Å². The molecule has 3 atom stereocenters. The molecular formula is C13H19FN2O5. The van der Waals surface area contributed by atoms with Gasteiger partial charge in [0.2, 0.25) is 0 Å². The molecule has 1 aromatic rings. The lowest BCUT2D eigenvalue weighted by Gasteiger charge is -2.16. The molecule has 0 amide bonds. The molecule has 1 aromatic heterocycles. The third-order valence-corrected chi connectivity index (χ3v) is 3.43. The number of aliphatic hydroxyl groups excluding tert-OH is 1. The summed E-state index contributed by atoms with van der Waals surface area (Å²) >= 11 is 0. The van der Waals surface area contributed by atoms with Crippen molar-refractivity contribution in [2.45, 2.75) is 38.2 Å². The van der Waals surface area contributed by atoms with Gasteiger partial charge in [0, 0.05) is 24.8 Å². The van der Waals surface area contributed by atoms with Crippen LogP contribution in [-0.2, 0) is 9.47 Å². The van der Waals surface area contributed by atoms with Crippen molar-refractivity contribution in [2.75, 3.05) is 19.9 Å². The summed E-state index contributed by atoms with van der Waals surface area (Å²) < 4.78 is 24.4. The van der Waals surface area contributed by atoms with Gasteiger partial charge < -0.3 is 14.6 Å². The molecule has 1 saturated heterocycles. The van der Waals surface area contributed by atoms with Crippen molar-refractivity contribution in [3.05, 3.63) is 32.6 Å². The van der Waals surface area contributed by atoms with Gasteiger partial charge in [-0.15, -0.1) is 0 Å². The van der Waals surface area contributed by atoms with E-state index in [1.54, 1.807) is 6.92 Å². The quantitative estimate of drug-likeness (QED) is 0.714. The van der Waals surface area contributed by atoms with Crippen molar-refractivity contribution < 1.29 is 19.0 Å². The van der Waals surface area contributed by atoms with Crippen LogP contribution in [0, 0.1) is 6.92 Å². The van der Waals surface area contributed by atoms with Gasteiger partial charge in [-0.2, -0.15) is 0 Å². The molecular weight excluding hydrogens is 283 g/mol. The van der Waals surface area contributed by atoms with E-state index in [4.69, 9.17) is 9.47 Å². The molecule has 2 rings (SSSR count). The Morgan fingerprint density at radius 2 is 2.33 bits per heavy atom.